The fraction of sp³-hybridized carbons (Fsp3) is 0.533. The summed E-state index contributed by atoms with van der Waals surface area (Å²) < 4.78 is 33.3. The van der Waals surface area contributed by atoms with E-state index in [1.807, 2.05) is 6.92 Å². The van der Waals surface area contributed by atoms with Crippen LogP contribution >= 0.6 is 0 Å². The summed E-state index contributed by atoms with van der Waals surface area (Å²) in [5, 5.41) is 9.64. The quantitative estimate of drug-likeness (QED) is 0.547. The first-order valence-corrected chi connectivity index (χ1v) is 8.68. The van der Waals surface area contributed by atoms with Crippen molar-refractivity contribution in [1.29, 1.82) is 0 Å². The highest BCUT2D eigenvalue weighted by Gasteiger charge is 2.19. The van der Waals surface area contributed by atoms with Gasteiger partial charge >= 0.3 is 5.97 Å². The first kappa shape index (κ1) is 18.6. The molecule has 1 aromatic carbocycles. The number of carbonyl (C=O) groups excluding carboxylic acids is 1. The molecule has 2 atom stereocenters. The normalized spacial score (nSPS) is 14.3. The van der Waals surface area contributed by atoms with E-state index in [2.05, 4.69) is 0 Å². The molecule has 1 rings (SSSR count). The first-order valence-electron chi connectivity index (χ1n) is 7.11. The summed E-state index contributed by atoms with van der Waals surface area (Å²) in [6.45, 7) is 3.14. The van der Waals surface area contributed by atoms with Crippen LogP contribution in [0.15, 0.2) is 30.3 Å². The van der Waals surface area contributed by atoms with E-state index in [0.29, 0.717) is 12.0 Å². The summed E-state index contributed by atoms with van der Waals surface area (Å²) in [6.07, 6.45) is -1.08. The molecule has 7 heteroatoms. The predicted octanol–water partition coefficient (Wildman–Crippen LogP) is 1.63. The highest BCUT2D eigenvalue weighted by Crippen LogP contribution is 2.09. The second-order valence-electron chi connectivity index (χ2n) is 5.04. The highest BCUT2D eigenvalue weighted by molar-refractivity contribution is 7.85. The second kappa shape index (κ2) is 8.87. The zero-order chi connectivity index (χ0) is 16.6. The SMILES string of the molecule is CCC(C)OC(=O)CC(O)COS(=O)(=O)Cc1ccccc1. The molecule has 22 heavy (non-hydrogen) atoms. The molecule has 0 fully saturated rings. The van der Waals surface area contributed by atoms with Crippen LogP contribution in [-0.4, -0.2) is 38.3 Å². The van der Waals surface area contributed by atoms with Gasteiger partial charge in [0.05, 0.1) is 25.2 Å². The molecule has 0 aliphatic rings. The van der Waals surface area contributed by atoms with E-state index in [-0.39, 0.29) is 18.3 Å². The van der Waals surface area contributed by atoms with E-state index in [4.69, 9.17) is 8.92 Å². The molecule has 0 aliphatic carbocycles. The van der Waals surface area contributed by atoms with Crippen LogP contribution in [0, 0.1) is 0 Å². The van der Waals surface area contributed by atoms with Gasteiger partial charge in [-0.1, -0.05) is 37.3 Å². The molecule has 0 amide bonds. The number of rotatable bonds is 9. The van der Waals surface area contributed by atoms with Crippen molar-refractivity contribution in [2.24, 2.45) is 0 Å². The van der Waals surface area contributed by atoms with Crippen molar-refractivity contribution < 1.29 is 27.2 Å². The molecular weight excluding hydrogens is 308 g/mol. The Morgan fingerprint density at radius 2 is 1.91 bits per heavy atom. The number of hydrogen-bond acceptors (Lipinski definition) is 6. The molecule has 0 heterocycles. The van der Waals surface area contributed by atoms with Crippen molar-refractivity contribution in [3.05, 3.63) is 35.9 Å². The van der Waals surface area contributed by atoms with Gasteiger partial charge in [-0.3, -0.25) is 8.98 Å². The van der Waals surface area contributed by atoms with Gasteiger partial charge in [0.2, 0.25) is 0 Å². The van der Waals surface area contributed by atoms with Crippen molar-refractivity contribution in [1.82, 2.24) is 0 Å². The van der Waals surface area contributed by atoms with Crippen LogP contribution in [0.2, 0.25) is 0 Å². The van der Waals surface area contributed by atoms with Gasteiger partial charge < -0.3 is 9.84 Å². The average molecular weight is 330 g/mol. The summed E-state index contributed by atoms with van der Waals surface area (Å²) >= 11 is 0. The summed E-state index contributed by atoms with van der Waals surface area (Å²) in [5.74, 6) is -0.858. The van der Waals surface area contributed by atoms with Gasteiger partial charge in [0, 0.05) is 0 Å². The van der Waals surface area contributed by atoms with E-state index in [9.17, 15) is 18.3 Å². The van der Waals surface area contributed by atoms with Gasteiger partial charge in [0.15, 0.2) is 0 Å². The Balaban J connectivity index is 2.39. The molecule has 1 aromatic rings. The molecule has 2 unspecified atom stereocenters. The Kier molecular flexibility index (Phi) is 7.50. The first-order chi connectivity index (χ1) is 10.3. The summed E-state index contributed by atoms with van der Waals surface area (Å²) in [7, 11) is -3.81. The van der Waals surface area contributed by atoms with Gasteiger partial charge in [0.1, 0.15) is 5.75 Å². The molecule has 0 spiro atoms. The lowest BCUT2D eigenvalue weighted by molar-refractivity contribution is -0.151. The minimum Gasteiger partial charge on any atom is -0.463 e. The zero-order valence-corrected chi connectivity index (χ0v) is 13.6. The van der Waals surface area contributed by atoms with Crippen molar-refractivity contribution in [2.45, 2.75) is 44.6 Å². The van der Waals surface area contributed by atoms with Crippen LogP contribution in [0.1, 0.15) is 32.3 Å². The van der Waals surface area contributed by atoms with Crippen LogP contribution in [-0.2, 0) is 29.6 Å². The number of hydrogen-bond donors (Lipinski definition) is 1. The Hall–Kier alpha value is -1.44. The fourth-order valence-corrected chi connectivity index (χ4v) is 2.66. The number of ether oxygens (including phenoxy) is 1. The fourth-order valence-electron chi connectivity index (χ4n) is 1.61. The largest absolute Gasteiger partial charge is 0.463 e. The van der Waals surface area contributed by atoms with Crippen molar-refractivity contribution in [3.63, 3.8) is 0 Å². The Bertz CT molecular complexity index is 555. The number of esters is 1. The van der Waals surface area contributed by atoms with Crippen LogP contribution in [0.4, 0.5) is 0 Å². The molecule has 1 N–H and O–H groups in total. The molecule has 0 aliphatic heterocycles. The Labute approximate surface area is 131 Å². The Morgan fingerprint density at radius 3 is 2.50 bits per heavy atom. The molecule has 0 bridgehead atoms. The average Bonchev–Trinajstić information content (AvgIpc) is 2.45. The minimum absolute atomic E-state index is 0.234. The number of carbonyl (C=O) groups is 1. The van der Waals surface area contributed by atoms with E-state index in [1.54, 1.807) is 37.3 Å². The third-order valence-corrected chi connectivity index (χ3v) is 4.12. The molecule has 6 nitrogen and oxygen atoms in total. The number of aliphatic hydroxyl groups is 1. The molecule has 0 saturated heterocycles. The van der Waals surface area contributed by atoms with Crippen molar-refractivity contribution in [3.8, 4) is 0 Å². The van der Waals surface area contributed by atoms with Crippen LogP contribution in [0.3, 0.4) is 0 Å². The standard InChI is InChI=1S/C15H22O6S/c1-3-12(2)21-15(17)9-14(16)10-20-22(18,19)11-13-7-5-4-6-8-13/h4-8,12,14,16H,3,9-11H2,1-2H3. The molecule has 124 valence electrons. The number of benzene rings is 1. The predicted molar refractivity (Wildman–Crippen MR) is 81.5 cm³/mol. The van der Waals surface area contributed by atoms with Gasteiger partial charge in [-0.2, -0.15) is 8.42 Å². The lowest BCUT2D eigenvalue weighted by atomic mass is 10.2. The van der Waals surface area contributed by atoms with E-state index in [0.717, 1.165) is 0 Å². The lowest BCUT2D eigenvalue weighted by Crippen LogP contribution is -2.25. The second-order valence-corrected chi connectivity index (χ2v) is 6.68. The van der Waals surface area contributed by atoms with Gasteiger partial charge in [-0.15, -0.1) is 0 Å². The molecule has 0 radical (unpaired) electrons. The molecular formula is C15H22O6S. The van der Waals surface area contributed by atoms with E-state index >= 15 is 0 Å². The zero-order valence-electron chi connectivity index (χ0n) is 12.8. The lowest BCUT2D eigenvalue weighted by Gasteiger charge is -2.14. The third kappa shape index (κ3) is 7.53. The van der Waals surface area contributed by atoms with Crippen LogP contribution < -0.4 is 0 Å². The van der Waals surface area contributed by atoms with E-state index < -0.39 is 28.8 Å². The smallest absolute Gasteiger partial charge is 0.308 e. The molecule has 0 saturated carbocycles. The van der Waals surface area contributed by atoms with Crippen LogP contribution in [0.25, 0.3) is 0 Å². The molecule has 0 aromatic heterocycles. The maximum absolute atomic E-state index is 11.8. The highest BCUT2D eigenvalue weighted by atomic mass is 32.2. The summed E-state index contributed by atoms with van der Waals surface area (Å²) in [6, 6.07) is 8.57. The van der Waals surface area contributed by atoms with E-state index in [1.165, 1.54) is 0 Å². The van der Waals surface area contributed by atoms with Crippen LogP contribution in [0.5, 0.6) is 0 Å². The summed E-state index contributed by atoms with van der Waals surface area (Å²) in [4.78, 5) is 11.5. The Morgan fingerprint density at radius 1 is 1.27 bits per heavy atom. The maximum Gasteiger partial charge on any atom is 0.308 e. The minimum atomic E-state index is -3.81. The topological polar surface area (TPSA) is 89.9 Å². The summed E-state index contributed by atoms with van der Waals surface area (Å²) in [5.41, 5.74) is 0.591. The number of aliphatic hydroxyl groups excluding tert-OH is 1. The monoisotopic (exact) mass is 330 g/mol. The maximum atomic E-state index is 11.8. The van der Waals surface area contributed by atoms with Gasteiger partial charge in [-0.25, -0.2) is 0 Å². The van der Waals surface area contributed by atoms with Crippen molar-refractivity contribution in [2.75, 3.05) is 6.61 Å². The van der Waals surface area contributed by atoms with Gasteiger partial charge in [-0.05, 0) is 18.9 Å². The third-order valence-electron chi connectivity index (χ3n) is 2.94. The van der Waals surface area contributed by atoms with Crippen molar-refractivity contribution >= 4 is 16.1 Å². The van der Waals surface area contributed by atoms with Gasteiger partial charge in [0.25, 0.3) is 10.1 Å².